The van der Waals surface area contributed by atoms with Gasteiger partial charge in [0, 0.05) is 42.8 Å². The van der Waals surface area contributed by atoms with Gasteiger partial charge in [0.15, 0.2) is 5.58 Å². The number of benzene rings is 2. The zero-order chi connectivity index (χ0) is 21.5. The molecule has 31 heavy (non-hydrogen) atoms. The molecule has 2 atom stereocenters. The van der Waals surface area contributed by atoms with Gasteiger partial charge in [-0.1, -0.05) is 29.3 Å². The van der Waals surface area contributed by atoms with Crippen molar-refractivity contribution in [2.24, 2.45) is 11.8 Å². The van der Waals surface area contributed by atoms with Crippen molar-refractivity contribution in [1.82, 2.24) is 14.8 Å². The van der Waals surface area contributed by atoms with E-state index >= 15 is 0 Å². The highest BCUT2D eigenvalue weighted by Crippen LogP contribution is 2.32. The van der Waals surface area contributed by atoms with Crippen LogP contribution in [0.15, 0.2) is 45.6 Å². The molecule has 1 amide bonds. The van der Waals surface area contributed by atoms with Gasteiger partial charge >= 0.3 is 11.8 Å². The Morgan fingerprint density at radius 3 is 2.45 bits per heavy atom. The molecule has 0 unspecified atom stereocenters. The van der Waals surface area contributed by atoms with E-state index in [0.717, 1.165) is 30.8 Å². The number of carbonyl (C=O) groups excluding carboxylic acids is 1. The molecule has 0 saturated carbocycles. The van der Waals surface area contributed by atoms with Crippen molar-refractivity contribution in [3.05, 3.63) is 68.1 Å². The quantitative estimate of drug-likeness (QED) is 0.631. The van der Waals surface area contributed by atoms with E-state index in [4.69, 9.17) is 32.4 Å². The molecule has 162 valence electrons. The highest BCUT2D eigenvalue weighted by atomic mass is 35.5. The summed E-state index contributed by atoms with van der Waals surface area (Å²) in [4.78, 5) is 30.7. The molecule has 2 aliphatic heterocycles. The van der Waals surface area contributed by atoms with Crippen molar-refractivity contribution in [2.75, 3.05) is 26.2 Å². The monoisotopic (exact) mass is 461 g/mol. The number of nitrogens with one attached hydrogen (secondary N) is 1. The summed E-state index contributed by atoms with van der Waals surface area (Å²) in [6.07, 6.45) is -0.301. The maximum atomic E-state index is 12.5. The lowest BCUT2D eigenvalue weighted by molar-refractivity contribution is 0.0997. The molecule has 3 heterocycles. The smallest absolute Gasteiger partial charge is 0.417 e. The van der Waals surface area contributed by atoms with Crippen molar-refractivity contribution < 1.29 is 13.9 Å². The molecule has 2 aliphatic rings. The molecule has 3 aromatic rings. The van der Waals surface area contributed by atoms with Gasteiger partial charge in [0.25, 0.3) is 0 Å². The molecule has 2 fully saturated rings. The Bertz CT molecular complexity index is 1160. The Morgan fingerprint density at radius 1 is 1.03 bits per heavy atom. The Kier molecular flexibility index (Phi) is 5.42. The summed E-state index contributed by atoms with van der Waals surface area (Å²) in [6, 6.07) is 10.9. The number of aromatic nitrogens is 1. The first-order chi connectivity index (χ1) is 14.9. The van der Waals surface area contributed by atoms with E-state index < -0.39 is 5.76 Å². The number of likely N-dealkylation sites (tertiary alicyclic amines) is 2. The van der Waals surface area contributed by atoms with Crippen molar-refractivity contribution in [3.63, 3.8) is 0 Å². The normalized spacial score (nSPS) is 21.0. The summed E-state index contributed by atoms with van der Waals surface area (Å²) in [5, 5.41) is 1.04. The summed E-state index contributed by atoms with van der Waals surface area (Å²) in [5.74, 6) is 0.428. The summed E-state index contributed by atoms with van der Waals surface area (Å²) in [7, 11) is 0. The van der Waals surface area contributed by atoms with E-state index in [2.05, 4.69) is 9.88 Å². The zero-order valence-corrected chi connectivity index (χ0v) is 18.2. The van der Waals surface area contributed by atoms with Crippen LogP contribution in [0.1, 0.15) is 11.1 Å². The van der Waals surface area contributed by atoms with Crippen LogP contribution in [0.3, 0.4) is 0 Å². The van der Waals surface area contributed by atoms with Gasteiger partial charge in [0.2, 0.25) is 0 Å². The standard InChI is InChI=1S/C22H21Cl2N3O4/c23-17-3-14(4-18(24)6-17)12-30-22(29)27-10-15-8-26(9-16(15)11-27)7-13-1-2-19-20(5-13)31-21(28)25-19/h1-6,15-16H,7-12H2,(H,25,28)/t15-,16+. The summed E-state index contributed by atoms with van der Waals surface area (Å²) in [5.41, 5.74) is 3.16. The van der Waals surface area contributed by atoms with Crippen molar-refractivity contribution in [2.45, 2.75) is 13.2 Å². The first kappa shape index (κ1) is 20.4. The molecule has 0 spiro atoms. The number of nitrogens with zero attached hydrogens (tertiary/aromatic N) is 2. The van der Waals surface area contributed by atoms with Gasteiger partial charge in [0.05, 0.1) is 5.52 Å². The van der Waals surface area contributed by atoms with Crippen LogP contribution in [0.25, 0.3) is 11.1 Å². The third kappa shape index (κ3) is 4.44. The van der Waals surface area contributed by atoms with Gasteiger partial charge < -0.3 is 14.1 Å². The van der Waals surface area contributed by atoms with Crippen LogP contribution in [0.4, 0.5) is 4.79 Å². The molecule has 0 bridgehead atoms. The first-order valence-electron chi connectivity index (χ1n) is 10.1. The van der Waals surface area contributed by atoms with E-state index in [9.17, 15) is 9.59 Å². The van der Waals surface area contributed by atoms with E-state index in [-0.39, 0.29) is 12.7 Å². The van der Waals surface area contributed by atoms with E-state index in [0.29, 0.717) is 46.1 Å². The highest BCUT2D eigenvalue weighted by Gasteiger charge is 2.42. The predicted octanol–water partition coefficient (Wildman–Crippen LogP) is 4.13. The van der Waals surface area contributed by atoms with E-state index in [1.807, 2.05) is 18.2 Å². The van der Waals surface area contributed by atoms with Crippen molar-refractivity contribution in [1.29, 1.82) is 0 Å². The Morgan fingerprint density at radius 2 is 1.74 bits per heavy atom. The number of aromatic amines is 1. The Labute approximate surface area is 188 Å². The molecule has 5 rings (SSSR count). The van der Waals surface area contributed by atoms with Crippen molar-refractivity contribution in [3.8, 4) is 0 Å². The number of hydrogen-bond acceptors (Lipinski definition) is 5. The van der Waals surface area contributed by atoms with Crippen LogP contribution in [0, 0.1) is 11.8 Å². The largest absolute Gasteiger partial charge is 0.445 e. The Balaban J connectivity index is 1.14. The lowest BCUT2D eigenvalue weighted by Crippen LogP contribution is -2.33. The SMILES string of the molecule is O=C(OCc1cc(Cl)cc(Cl)c1)N1C[C@H]2CN(Cc3ccc4[nH]c(=O)oc4c3)C[C@H]2C1. The van der Waals surface area contributed by atoms with Crippen LogP contribution in [-0.4, -0.2) is 47.1 Å². The average molecular weight is 462 g/mol. The highest BCUT2D eigenvalue weighted by molar-refractivity contribution is 6.34. The minimum absolute atomic E-state index is 0.148. The first-order valence-corrected chi connectivity index (χ1v) is 10.9. The molecule has 1 aromatic heterocycles. The number of H-pyrrole nitrogens is 1. The van der Waals surface area contributed by atoms with Gasteiger partial charge in [-0.2, -0.15) is 0 Å². The van der Waals surface area contributed by atoms with Crippen molar-refractivity contribution >= 4 is 40.4 Å². The number of hydrogen-bond donors (Lipinski definition) is 1. The number of amides is 1. The minimum atomic E-state index is -0.437. The lowest BCUT2D eigenvalue weighted by Gasteiger charge is -2.21. The molecule has 2 saturated heterocycles. The molecule has 9 heteroatoms. The number of halogens is 2. The van der Waals surface area contributed by atoms with E-state index in [1.54, 1.807) is 23.1 Å². The fourth-order valence-corrected chi connectivity index (χ4v) is 5.22. The molecule has 0 aliphatic carbocycles. The van der Waals surface area contributed by atoms with Gasteiger partial charge in [-0.15, -0.1) is 0 Å². The topological polar surface area (TPSA) is 78.8 Å². The van der Waals surface area contributed by atoms with Crippen LogP contribution in [-0.2, 0) is 17.9 Å². The second kappa shape index (κ2) is 8.22. The van der Waals surface area contributed by atoms with Crippen LogP contribution < -0.4 is 5.76 Å². The fraction of sp³-hybridized carbons (Fsp3) is 0.364. The number of rotatable bonds is 4. The third-order valence-corrected chi connectivity index (χ3v) is 6.43. The molecular formula is C22H21Cl2N3O4. The number of fused-ring (bicyclic) bond motifs is 2. The third-order valence-electron chi connectivity index (χ3n) is 6.00. The molecule has 2 aromatic carbocycles. The maximum absolute atomic E-state index is 12.5. The van der Waals surface area contributed by atoms with Gasteiger partial charge in [0.1, 0.15) is 6.61 Å². The number of carbonyl (C=O) groups is 1. The molecule has 7 nitrogen and oxygen atoms in total. The Hall–Kier alpha value is -2.48. The fourth-order valence-electron chi connectivity index (χ4n) is 4.65. The predicted molar refractivity (Wildman–Crippen MR) is 117 cm³/mol. The molecular weight excluding hydrogens is 441 g/mol. The van der Waals surface area contributed by atoms with Crippen LogP contribution in [0.2, 0.25) is 10.0 Å². The van der Waals surface area contributed by atoms with Gasteiger partial charge in [-0.3, -0.25) is 9.88 Å². The summed E-state index contributed by atoms with van der Waals surface area (Å²) >= 11 is 12.0. The lowest BCUT2D eigenvalue weighted by atomic mass is 10.0. The molecule has 0 radical (unpaired) electrons. The number of ether oxygens (including phenoxy) is 1. The molecule has 1 N–H and O–H groups in total. The second-order valence-electron chi connectivity index (χ2n) is 8.30. The maximum Gasteiger partial charge on any atom is 0.417 e. The van der Waals surface area contributed by atoms with Crippen LogP contribution in [0.5, 0.6) is 0 Å². The summed E-state index contributed by atoms with van der Waals surface area (Å²) < 4.78 is 10.6. The second-order valence-corrected chi connectivity index (χ2v) is 9.17. The summed E-state index contributed by atoms with van der Waals surface area (Å²) in [6.45, 7) is 4.18. The zero-order valence-electron chi connectivity index (χ0n) is 16.6. The minimum Gasteiger partial charge on any atom is -0.445 e. The van der Waals surface area contributed by atoms with Gasteiger partial charge in [-0.25, -0.2) is 9.59 Å². The average Bonchev–Trinajstić information content (AvgIpc) is 3.37. The van der Waals surface area contributed by atoms with Gasteiger partial charge in [-0.05, 0) is 53.3 Å². The van der Waals surface area contributed by atoms with E-state index in [1.165, 1.54) is 0 Å². The number of oxazole rings is 1. The van der Waals surface area contributed by atoms with Crippen LogP contribution >= 0.6 is 23.2 Å².